The lowest BCUT2D eigenvalue weighted by Gasteiger charge is -2.39. The molecule has 0 radical (unpaired) electrons. The lowest BCUT2D eigenvalue weighted by atomic mass is 10.00. The Balaban J connectivity index is 0.00000113. The zero-order chi connectivity index (χ0) is 30.0. The van der Waals surface area contributed by atoms with Crippen molar-refractivity contribution in [2.24, 2.45) is 0 Å². The third kappa shape index (κ3) is 5.58. The van der Waals surface area contributed by atoms with Gasteiger partial charge in [-0.05, 0) is 38.1 Å². The van der Waals surface area contributed by atoms with Gasteiger partial charge in [0.1, 0.15) is 17.6 Å². The van der Waals surface area contributed by atoms with Gasteiger partial charge in [0.05, 0.1) is 64.7 Å². The van der Waals surface area contributed by atoms with Crippen LogP contribution in [0.1, 0.15) is 41.8 Å². The van der Waals surface area contributed by atoms with Crippen LogP contribution in [0, 0.1) is 0 Å². The van der Waals surface area contributed by atoms with Crippen LogP contribution in [-0.2, 0) is 16.1 Å². The maximum atomic E-state index is 13.5. The van der Waals surface area contributed by atoms with Gasteiger partial charge in [0.25, 0.3) is 18.8 Å². The van der Waals surface area contributed by atoms with Gasteiger partial charge in [0, 0.05) is 31.4 Å². The number of amides is 1. The Kier molecular flexibility index (Phi) is 8.00. The molecule has 14 heteroatoms. The number of nitrogens with zero attached hydrogens (tertiary/aromatic N) is 5. The average molecular weight is 582 g/mol. The number of carbonyl (C=O) groups excluding carboxylic acids is 1. The van der Waals surface area contributed by atoms with Crippen molar-refractivity contribution in [3.63, 3.8) is 0 Å². The molecule has 1 fully saturated rings. The number of aliphatic hydroxyl groups is 1. The predicted octanol–water partition coefficient (Wildman–Crippen LogP) is 3.39. The van der Waals surface area contributed by atoms with Gasteiger partial charge in [0.2, 0.25) is 0 Å². The molecule has 4 aromatic rings. The summed E-state index contributed by atoms with van der Waals surface area (Å²) in [5, 5.41) is 23.2. The molecule has 12 nitrogen and oxygen atoms in total. The number of imidazole rings is 1. The van der Waals surface area contributed by atoms with E-state index in [1.165, 1.54) is 18.3 Å². The van der Waals surface area contributed by atoms with E-state index in [2.05, 4.69) is 30.5 Å². The summed E-state index contributed by atoms with van der Waals surface area (Å²) < 4.78 is 34.2. The molecule has 1 saturated heterocycles. The third-order valence-corrected chi connectivity index (χ3v) is 7.11. The van der Waals surface area contributed by atoms with Gasteiger partial charge in [-0.1, -0.05) is 0 Å². The summed E-state index contributed by atoms with van der Waals surface area (Å²) in [6, 6.07) is 6.61. The molecule has 2 aliphatic rings. The van der Waals surface area contributed by atoms with E-state index >= 15 is 0 Å². The van der Waals surface area contributed by atoms with Gasteiger partial charge in [-0.15, -0.1) is 0 Å². The molecule has 6 heterocycles. The second-order valence-electron chi connectivity index (χ2n) is 10.2. The van der Waals surface area contributed by atoms with Crippen LogP contribution in [0.15, 0.2) is 49.1 Å². The molecular formula is C28H29F2N7O5. The van der Waals surface area contributed by atoms with E-state index < -0.39 is 12.0 Å². The highest BCUT2D eigenvalue weighted by Gasteiger charge is 2.33. The Morgan fingerprint density at radius 1 is 1.19 bits per heavy atom. The van der Waals surface area contributed by atoms with Crippen LogP contribution in [0.3, 0.4) is 0 Å². The minimum absolute atomic E-state index is 0.149. The average Bonchev–Trinajstić information content (AvgIpc) is 3.58. The summed E-state index contributed by atoms with van der Waals surface area (Å²) in [4.78, 5) is 36.6. The van der Waals surface area contributed by atoms with E-state index in [0.29, 0.717) is 53.7 Å². The number of carbonyl (C=O) groups is 2. The predicted molar refractivity (Wildman–Crippen MR) is 149 cm³/mol. The fraction of sp³-hybridized carbons (Fsp3) is 0.321. The highest BCUT2D eigenvalue weighted by atomic mass is 19.3. The number of nitrogens with one attached hydrogen (secondary N) is 2. The van der Waals surface area contributed by atoms with Gasteiger partial charge >= 0.3 is 0 Å². The zero-order valence-electron chi connectivity index (χ0n) is 22.8. The molecule has 0 spiro atoms. The second-order valence-corrected chi connectivity index (χ2v) is 10.2. The lowest BCUT2D eigenvalue weighted by Crippen LogP contribution is -2.52. The molecule has 6 rings (SSSR count). The Hall–Kier alpha value is -4.69. The monoisotopic (exact) mass is 581 g/mol. The minimum atomic E-state index is -2.66. The number of halogens is 2. The second kappa shape index (κ2) is 11.7. The minimum Gasteiger partial charge on any atom is -0.483 e. The van der Waals surface area contributed by atoms with Crippen LogP contribution >= 0.6 is 0 Å². The standard InChI is InChI=1S/C27H27F2N7O3.CH2O2/c1-27(2,38)20-14-35(8-9-39-20)15-5-6-21(30-10-15)34-18-12-31-23(17-11-33-26(37)22(17)18)19-13-32-25-16(24(28)29)4-3-7-36(19)25;2-1-3/h3-7,10,12-13,20,24,38H,8-9,11,14H2,1-2H3,(H,30,34)(H,33,37);1H,(H,2,3)/t20-;/m0./s1. The van der Waals surface area contributed by atoms with E-state index in [1.807, 2.05) is 12.1 Å². The number of aromatic nitrogens is 4. The molecule has 1 atom stereocenters. The van der Waals surface area contributed by atoms with Gasteiger partial charge in [-0.25, -0.2) is 18.7 Å². The van der Waals surface area contributed by atoms with Gasteiger partial charge in [0.15, 0.2) is 0 Å². The Bertz CT molecular complexity index is 1600. The molecule has 4 aromatic heterocycles. The summed E-state index contributed by atoms with van der Waals surface area (Å²) in [5.41, 5.74) is 2.48. The first-order valence-electron chi connectivity index (χ1n) is 13.1. The highest BCUT2D eigenvalue weighted by Crippen LogP contribution is 2.35. The number of hydrogen-bond acceptors (Lipinski definition) is 9. The Labute approximate surface area is 239 Å². The first kappa shape index (κ1) is 28.8. The molecule has 2 aliphatic heterocycles. The van der Waals surface area contributed by atoms with Crippen molar-refractivity contribution in [1.29, 1.82) is 0 Å². The van der Waals surface area contributed by atoms with Crippen LogP contribution in [-0.4, -0.2) is 73.3 Å². The molecule has 0 bridgehead atoms. The van der Waals surface area contributed by atoms with Gasteiger partial charge < -0.3 is 30.5 Å². The maximum Gasteiger partial charge on any atom is 0.290 e. The molecule has 0 unspecified atom stereocenters. The van der Waals surface area contributed by atoms with E-state index in [1.54, 1.807) is 36.8 Å². The normalized spacial score (nSPS) is 16.6. The summed E-state index contributed by atoms with van der Waals surface area (Å²) in [6.45, 7) is 5.19. The SMILES string of the molecule is CC(C)(O)[C@@H]1CN(c2ccc(Nc3cnc(-c4cnc5c(C(F)F)cccn45)c4c3C(=O)NC4)nc2)CCO1.O=CO. The number of ether oxygens (including phenoxy) is 1. The summed E-state index contributed by atoms with van der Waals surface area (Å²) in [6.07, 6.45) is 3.44. The van der Waals surface area contributed by atoms with Crippen molar-refractivity contribution in [3.8, 4) is 11.4 Å². The summed E-state index contributed by atoms with van der Waals surface area (Å²) in [5.74, 6) is 0.264. The van der Waals surface area contributed by atoms with Crippen LogP contribution in [0.25, 0.3) is 17.0 Å². The van der Waals surface area contributed by atoms with Crippen molar-refractivity contribution in [3.05, 3.63) is 65.7 Å². The molecule has 42 heavy (non-hydrogen) atoms. The third-order valence-electron chi connectivity index (χ3n) is 7.11. The fourth-order valence-corrected chi connectivity index (χ4v) is 5.03. The number of morpholine rings is 1. The zero-order valence-corrected chi connectivity index (χ0v) is 22.8. The number of fused-ring (bicyclic) bond motifs is 2. The van der Waals surface area contributed by atoms with Gasteiger partial charge in [-0.2, -0.15) is 0 Å². The summed E-state index contributed by atoms with van der Waals surface area (Å²) in [7, 11) is 0. The van der Waals surface area contributed by atoms with Crippen molar-refractivity contribution in [2.75, 3.05) is 29.9 Å². The van der Waals surface area contributed by atoms with Gasteiger partial charge in [-0.3, -0.25) is 19.0 Å². The van der Waals surface area contributed by atoms with E-state index in [4.69, 9.17) is 14.6 Å². The number of anilines is 3. The first-order valence-corrected chi connectivity index (χ1v) is 13.1. The van der Waals surface area contributed by atoms with Crippen LogP contribution in [0.4, 0.5) is 26.0 Å². The van der Waals surface area contributed by atoms with Crippen LogP contribution < -0.4 is 15.5 Å². The quantitative estimate of drug-likeness (QED) is 0.249. The molecule has 1 amide bonds. The smallest absolute Gasteiger partial charge is 0.290 e. The maximum absolute atomic E-state index is 13.5. The molecule has 0 aromatic carbocycles. The topological polar surface area (TPSA) is 154 Å². The highest BCUT2D eigenvalue weighted by molar-refractivity contribution is 6.05. The largest absolute Gasteiger partial charge is 0.483 e. The first-order chi connectivity index (χ1) is 20.1. The van der Waals surface area contributed by atoms with Crippen molar-refractivity contribution in [2.45, 2.75) is 38.5 Å². The molecule has 4 N–H and O–H groups in total. The number of rotatable bonds is 6. The van der Waals surface area contributed by atoms with E-state index in [-0.39, 0.29) is 36.2 Å². The molecule has 0 saturated carbocycles. The van der Waals surface area contributed by atoms with Crippen LogP contribution in [0.5, 0.6) is 0 Å². The summed E-state index contributed by atoms with van der Waals surface area (Å²) >= 11 is 0. The molecule has 0 aliphatic carbocycles. The van der Waals surface area contributed by atoms with E-state index in [0.717, 1.165) is 5.69 Å². The Morgan fingerprint density at radius 3 is 2.67 bits per heavy atom. The van der Waals surface area contributed by atoms with Crippen molar-refractivity contribution < 1.29 is 33.3 Å². The fourth-order valence-electron chi connectivity index (χ4n) is 5.03. The number of carboxylic acid groups (broad SMARTS) is 1. The number of hydrogen-bond donors (Lipinski definition) is 4. The number of alkyl halides is 2. The van der Waals surface area contributed by atoms with Crippen LogP contribution in [0.2, 0.25) is 0 Å². The van der Waals surface area contributed by atoms with Crippen molar-refractivity contribution in [1.82, 2.24) is 24.7 Å². The van der Waals surface area contributed by atoms with E-state index in [9.17, 15) is 18.7 Å². The van der Waals surface area contributed by atoms with Crippen molar-refractivity contribution >= 4 is 35.2 Å². The Morgan fingerprint density at radius 2 is 1.98 bits per heavy atom. The molecule has 220 valence electrons. The lowest BCUT2D eigenvalue weighted by molar-refractivity contribution is -0.122. The number of pyridine rings is 3. The molecular weight excluding hydrogens is 552 g/mol.